The Hall–Kier alpha value is -3.50. The van der Waals surface area contributed by atoms with Gasteiger partial charge in [0.2, 0.25) is 5.82 Å². The van der Waals surface area contributed by atoms with E-state index >= 15 is 0 Å². The Bertz CT molecular complexity index is 1110. The van der Waals surface area contributed by atoms with Gasteiger partial charge in [-0.15, -0.1) is 0 Å². The number of aromatic nitrogens is 4. The van der Waals surface area contributed by atoms with Gasteiger partial charge in [-0.3, -0.25) is 10.3 Å². The molecule has 11 heteroatoms. The molecule has 3 heterocycles. The van der Waals surface area contributed by atoms with Crippen LogP contribution in [-0.4, -0.2) is 26.2 Å². The third-order valence-electron chi connectivity index (χ3n) is 4.82. The molecule has 3 aromatic rings. The lowest BCUT2D eigenvalue weighted by molar-refractivity contribution is -0.159. The molecular formula is C20H18F3N5O3. The molecule has 1 N–H and O–H groups in total. The molecule has 0 saturated carbocycles. The number of ether oxygens (including phenoxy) is 1. The van der Waals surface area contributed by atoms with Crippen LogP contribution >= 0.6 is 0 Å². The van der Waals surface area contributed by atoms with Gasteiger partial charge in [-0.2, -0.15) is 18.2 Å². The summed E-state index contributed by atoms with van der Waals surface area (Å²) in [6.07, 6.45) is 0.502. The zero-order chi connectivity index (χ0) is 22.0. The van der Waals surface area contributed by atoms with E-state index < -0.39 is 18.2 Å². The number of pyridine rings is 2. The largest absolute Gasteiger partial charge is 0.471 e. The van der Waals surface area contributed by atoms with Crippen molar-refractivity contribution in [1.29, 1.82) is 0 Å². The summed E-state index contributed by atoms with van der Waals surface area (Å²) in [5.74, 6) is -1.76. The van der Waals surface area contributed by atoms with Gasteiger partial charge in [-0.1, -0.05) is 5.16 Å². The molecule has 0 atom stereocenters. The molecule has 0 aromatic carbocycles. The number of amides is 1. The zero-order valence-electron chi connectivity index (χ0n) is 16.5. The van der Waals surface area contributed by atoms with Crippen molar-refractivity contribution in [3.8, 4) is 11.5 Å². The van der Waals surface area contributed by atoms with Crippen molar-refractivity contribution in [2.45, 2.75) is 45.4 Å². The highest BCUT2D eigenvalue weighted by Gasteiger charge is 2.38. The van der Waals surface area contributed by atoms with Crippen molar-refractivity contribution < 1.29 is 27.2 Å². The Kier molecular flexibility index (Phi) is 5.57. The fourth-order valence-corrected chi connectivity index (χ4v) is 3.27. The second-order valence-corrected chi connectivity index (χ2v) is 7.11. The fourth-order valence-electron chi connectivity index (χ4n) is 3.27. The van der Waals surface area contributed by atoms with Gasteiger partial charge in [-0.25, -0.2) is 9.78 Å². The molecule has 0 fully saturated rings. The van der Waals surface area contributed by atoms with Crippen LogP contribution in [0.1, 0.15) is 41.2 Å². The van der Waals surface area contributed by atoms with Gasteiger partial charge in [0, 0.05) is 17.5 Å². The summed E-state index contributed by atoms with van der Waals surface area (Å²) in [5.41, 5.74) is 3.87. The number of alkyl halides is 3. The lowest BCUT2D eigenvalue weighted by atomic mass is 9.95. The number of aryl methyl sites for hydroxylation is 3. The summed E-state index contributed by atoms with van der Waals surface area (Å²) < 4.78 is 47.3. The molecule has 8 nitrogen and oxygen atoms in total. The Balaban J connectivity index is 1.38. The van der Waals surface area contributed by atoms with Crippen LogP contribution in [0.4, 0.5) is 23.7 Å². The molecule has 0 bridgehead atoms. The Labute approximate surface area is 174 Å². The highest BCUT2D eigenvalue weighted by molar-refractivity contribution is 5.85. The van der Waals surface area contributed by atoms with E-state index in [2.05, 4.69) is 29.9 Å². The smallest absolute Gasteiger partial charge is 0.444 e. The lowest BCUT2D eigenvalue weighted by Crippen LogP contribution is -2.15. The van der Waals surface area contributed by atoms with Crippen LogP contribution in [0, 0.1) is 6.92 Å². The highest BCUT2D eigenvalue weighted by atomic mass is 19.4. The predicted octanol–water partition coefficient (Wildman–Crippen LogP) is 4.48. The molecule has 0 spiro atoms. The Morgan fingerprint density at radius 2 is 2.03 bits per heavy atom. The zero-order valence-corrected chi connectivity index (χ0v) is 16.5. The lowest BCUT2D eigenvalue weighted by Gasteiger charge is -2.15. The Morgan fingerprint density at radius 1 is 1.23 bits per heavy atom. The van der Waals surface area contributed by atoms with Crippen molar-refractivity contribution in [2.75, 3.05) is 5.32 Å². The quantitative estimate of drug-likeness (QED) is 0.647. The summed E-state index contributed by atoms with van der Waals surface area (Å²) in [6.45, 7) is 1.65. The van der Waals surface area contributed by atoms with Gasteiger partial charge in [0.15, 0.2) is 0 Å². The van der Waals surface area contributed by atoms with E-state index in [1.165, 1.54) is 17.7 Å². The van der Waals surface area contributed by atoms with Gasteiger partial charge in [0.25, 0.3) is 0 Å². The molecule has 1 amide bonds. The maximum Gasteiger partial charge on any atom is 0.471 e. The SMILES string of the molecule is Cc1nc(-c2noc(C(F)(F)F)n2)ccc1NC(=O)OCc1cnc2c(c1)CCCC2. The highest BCUT2D eigenvalue weighted by Crippen LogP contribution is 2.29. The van der Waals surface area contributed by atoms with E-state index in [-0.39, 0.29) is 18.1 Å². The summed E-state index contributed by atoms with van der Waals surface area (Å²) in [7, 11) is 0. The van der Waals surface area contributed by atoms with Crippen LogP contribution in [0.5, 0.6) is 0 Å². The minimum absolute atomic E-state index is 0.0692. The van der Waals surface area contributed by atoms with Gasteiger partial charge >= 0.3 is 18.2 Å². The number of carbonyl (C=O) groups excluding carboxylic acids is 1. The minimum atomic E-state index is -4.74. The average molecular weight is 433 g/mol. The molecule has 0 unspecified atom stereocenters. The average Bonchev–Trinajstić information content (AvgIpc) is 3.24. The second kappa shape index (κ2) is 8.32. The van der Waals surface area contributed by atoms with Crippen molar-refractivity contribution in [1.82, 2.24) is 20.1 Å². The fraction of sp³-hybridized carbons (Fsp3) is 0.350. The molecule has 0 saturated heterocycles. The van der Waals surface area contributed by atoms with Gasteiger partial charge in [0.1, 0.15) is 12.3 Å². The standard InChI is InChI=1S/C20H18F3N5O3/c1-11-14(6-7-16(25-11)17-27-18(31-28-17)20(21,22)23)26-19(29)30-10-12-8-13-4-2-3-5-15(13)24-9-12/h6-9H,2-5,10H2,1H3,(H,26,29). The normalized spacial score (nSPS) is 13.5. The molecule has 3 aromatic heterocycles. The van der Waals surface area contributed by atoms with Crippen molar-refractivity contribution in [2.24, 2.45) is 0 Å². The van der Waals surface area contributed by atoms with Crippen LogP contribution < -0.4 is 5.32 Å². The number of nitrogens with one attached hydrogen (secondary N) is 1. The van der Waals surface area contributed by atoms with Crippen molar-refractivity contribution in [3.63, 3.8) is 0 Å². The first-order valence-corrected chi connectivity index (χ1v) is 9.59. The van der Waals surface area contributed by atoms with Crippen LogP contribution in [0.25, 0.3) is 11.5 Å². The summed E-state index contributed by atoms with van der Waals surface area (Å²) in [5, 5.41) is 5.85. The van der Waals surface area contributed by atoms with E-state index in [1.54, 1.807) is 13.1 Å². The number of hydrogen-bond donors (Lipinski definition) is 1. The Morgan fingerprint density at radius 3 is 2.77 bits per heavy atom. The van der Waals surface area contributed by atoms with Gasteiger partial charge in [-0.05, 0) is 56.4 Å². The third kappa shape index (κ3) is 4.81. The first-order valence-electron chi connectivity index (χ1n) is 9.59. The summed E-state index contributed by atoms with van der Waals surface area (Å²) in [6, 6.07) is 4.86. The number of halogens is 3. The van der Waals surface area contributed by atoms with Gasteiger partial charge < -0.3 is 9.26 Å². The van der Waals surface area contributed by atoms with E-state index in [0.29, 0.717) is 11.4 Å². The summed E-state index contributed by atoms with van der Waals surface area (Å²) in [4.78, 5) is 24.0. The number of fused-ring (bicyclic) bond motifs is 1. The molecule has 4 rings (SSSR count). The number of rotatable bonds is 4. The first-order chi connectivity index (χ1) is 14.8. The molecule has 1 aliphatic rings. The molecule has 1 aliphatic carbocycles. The number of nitrogens with zero attached hydrogens (tertiary/aromatic N) is 4. The second-order valence-electron chi connectivity index (χ2n) is 7.11. The number of hydrogen-bond acceptors (Lipinski definition) is 7. The maximum absolute atomic E-state index is 12.6. The monoisotopic (exact) mass is 433 g/mol. The topological polar surface area (TPSA) is 103 Å². The molecule has 162 valence electrons. The maximum atomic E-state index is 12.6. The van der Waals surface area contributed by atoms with Crippen LogP contribution in [-0.2, 0) is 30.4 Å². The van der Waals surface area contributed by atoms with E-state index in [0.717, 1.165) is 36.9 Å². The third-order valence-corrected chi connectivity index (χ3v) is 4.82. The molecular weight excluding hydrogens is 415 g/mol. The van der Waals surface area contributed by atoms with E-state index in [1.807, 2.05) is 6.07 Å². The number of anilines is 1. The molecule has 0 radical (unpaired) electrons. The predicted molar refractivity (Wildman–Crippen MR) is 102 cm³/mol. The minimum Gasteiger partial charge on any atom is -0.444 e. The molecule has 31 heavy (non-hydrogen) atoms. The number of carbonyl (C=O) groups is 1. The van der Waals surface area contributed by atoms with Crippen LogP contribution in [0.2, 0.25) is 0 Å². The van der Waals surface area contributed by atoms with Crippen molar-refractivity contribution >= 4 is 11.8 Å². The van der Waals surface area contributed by atoms with E-state index in [4.69, 9.17) is 4.74 Å². The molecule has 0 aliphatic heterocycles. The first kappa shape index (κ1) is 20.8. The van der Waals surface area contributed by atoms with Gasteiger partial charge in [0.05, 0.1) is 11.4 Å². The van der Waals surface area contributed by atoms with Crippen LogP contribution in [0.3, 0.4) is 0 Å². The van der Waals surface area contributed by atoms with E-state index in [9.17, 15) is 18.0 Å². The van der Waals surface area contributed by atoms with Crippen LogP contribution in [0.15, 0.2) is 28.9 Å². The van der Waals surface area contributed by atoms with Crippen molar-refractivity contribution in [3.05, 3.63) is 52.8 Å². The summed E-state index contributed by atoms with van der Waals surface area (Å²) >= 11 is 0.